The minimum atomic E-state index is 0.0683. The Morgan fingerprint density at radius 3 is 2.62 bits per heavy atom. The van der Waals surface area contributed by atoms with Gasteiger partial charge in [-0.3, -0.25) is 0 Å². The maximum absolute atomic E-state index is 5.41. The van der Waals surface area contributed by atoms with E-state index < -0.39 is 0 Å². The van der Waals surface area contributed by atoms with Crippen LogP contribution in [0.25, 0.3) is 5.69 Å². The smallest absolute Gasteiger partial charge is 0.121 e. The van der Waals surface area contributed by atoms with Crippen molar-refractivity contribution in [2.75, 3.05) is 7.11 Å². The largest absolute Gasteiger partial charge is 0.497 e. The monoisotopic (exact) mass is 326 g/mol. The Balaban J connectivity index is 2.14. The van der Waals surface area contributed by atoms with Gasteiger partial charge in [-0.1, -0.05) is 40.7 Å². The Bertz CT molecular complexity index is 722. The average Bonchev–Trinajstić information content (AvgIpc) is 2.93. The number of benzene rings is 1. The second-order valence-electron chi connectivity index (χ2n) is 8.38. The SMILES string of the molecule is COc1cccc(-n2nc(C(C)(C)C)c3c2CC(C(C)C)CC3)c1. The predicted molar refractivity (Wildman–Crippen MR) is 99.2 cm³/mol. The molecule has 0 spiro atoms. The van der Waals surface area contributed by atoms with E-state index in [0.717, 1.165) is 30.2 Å². The fourth-order valence-electron chi connectivity index (χ4n) is 3.77. The molecule has 1 aliphatic rings. The van der Waals surface area contributed by atoms with E-state index >= 15 is 0 Å². The zero-order valence-corrected chi connectivity index (χ0v) is 15.9. The highest BCUT2D eigenvalue weighted by Gasteiger charge is 2.32. The zero-order valence-electron chi connectivity index (χ0n) is 15.9. The predicted octanol–water partition coefficient (Wildman–Crippen LogP) is 4.94. The van der Waals surface area contributed by atoms with E-state index in [0.29, 0.717) is 5.92 Å². The van der Waals surface area contributed by atoms with Crippen LogP contribution in [-0.4, -0.2) is 16.9 Å². The van der Waals surface area contributed by atoms with Crippen molar-refractivity contribution in [1.29, 1.82) is 0 Å². The first-order valence-electron chi connectivity index (χ1n) is 9.07. The molecule has 1 atom stereocenters. The van der Waals surface area contributed by atoms with Crippen molar-refractivity contribution in [2.45, 2.75) is 59.3 Å². The average molecular weight is 326 g/mol. The Morgan fingerprint density at radius 2 is 2.00 bits per heavy atom. The van der Waals surface area contributed by atoms with Gasteiger partial charge in [0, 0.05) is 17.2 Å². The number of methoxy groups -OCH3 is 1. The number of rotatable bonds is 3. The summed E-state index contributed by atoms with van der Waals surface area (Å²) >= 11 is 0. The first-order valence-corrected chi connectivity index (χ1v) is 9.07. The summed E-state index contributed by atoms with van der Waals surface area (Å²) in [4.78, 5) is 0. The molecule has 0 fully saturated rings. The summed E-state index contributed by atoms with van der Waals surface area (Å²) < 4.78 is 7.59. The first kappa shape index (κ1) is 17.1. The van der Waals surface area contributed by atoms with E-state index in [4.69, 9.17) is 9.84 Å². The summed E-state index contributed by atoms with van der Waals surface area (Å²) in [5, 5.41) is 5.06. The molecule has 130 valence electrons. The summed E-state index contributed by atoms with van der Waals surface area (Å²) in [5.41, 5.74) is 5.30. The van der Waals surface area contributed by atoms with E-state index in [1.165, 1.54) is 23.4 Å². The summed E-state index contributed by atoms with van der Waals surface area (Å²) in [7, 11) is 1.72. The number of nitrogens with zero attached hydrogens (tertiary/aromatic N) is 2. The van der Waals surface area contributed by atoms with E-state index in [1.807, 2.05) is 12.1 Å². The van der Waals surface area contributed by atoms with Crippen LogP contribution in [0, 0.1) is 11.8 Å². The molecule has 24 heavy (non-hydrogen) atoms. The summed E-state index contributed by atoms with van der Waals surface area (Å²) in [6.45, 7) is 11.5. The standard InChI is InChI=1S/C21H30N2O/c1-14(2)15-10-11-18-19(12-15)23(22-20(18)21(3,4)5)16-8-7-9-17(13-16)24-6/h7-9,13-15H,10-12H2,1-6H3. The van der Waals surface area contributed by atoms with Crippen LogP contribution in [0.1, 0.15) is 58.0 Å². The molecule has 1 aliphatic carbocycles. The molecule has 1 heterocycles. The maximum atomic E-state index is 5.41. The Kier molecular flexibility index (Phi) is 4.46. The molecule has 0 bridgehead atoms. The second-order valence-corrected chi connectivity index (χ2v) is 8.38. The van der Waals surface area contributed by atoms with Gasteiger partial charge in [0.15, 0.2) is 0 Å². The summed E-state index contributed by atoms with van der Waals surface area (Å²) in [5.74, 6) is 2.33. The quantitative estimate of drug-likeness (QED) is 0.799. The molecular weight excluding hydrogens is 296 g/mol. The molecule has 1 unspecified atom stereocenters. The lowest BCUT2D eigenvalue weighted by molar-refractivity contribution is 0.336. The van der Waals surface area contributed by atoms with E-state index in [1.54, 1.807) is 7.11 Å². The van der Waals surface area contributed by atoms with Gasteiger partial charge in [0.1, 0.15) is 5.75 Å². The molecule has 0 amide bonds. The normalized spacial score (nSPS) is 17.9. The fourth-order valence-corrected chi connectivity index (χ4v) is 3.77. The minimum absolute atomic E-state index is 0.0683. The zero-order chi connectivity index (χ0) is 17.5. The van der Waals surface area contributed by atoms with Gasteiger partial charge in [-0.05, 0) is 48.8 Å². The van der Waals surface area contributed by atoms with Crippen molar-refractivity contribution >= 4 is 0 Å². The van der Waals surface area contributed by atoms with Crippen molar-refractivity contribution < 1.29 is 4.74 Å². The minimum Gasteiger partial charge on any atom is -0.497 e. The van der Waals surface area contributed by atoms with Gasteiger partial charge < -0.3 is 4.74 Å². The lowest BCUT2D eigenvalue weighted by atomic mass is 9.77. The molecule has 0 N–H and O–H groups in total. The van der Waals surface area contributed by atoms with Gasteiger partial charge in [-0.2, -0.15) is 5.10 Å². The molecule has 0 saturated carbocycles. The highest BCUT2D eigenvalue weighted by Crippen LogP contribution is 2.37. The van der Waals surface area contributed by atoms with Crippen molar-refractivity contribution in [3.05, 3.63) is 41.2 Å². The van der Waals surface area contributed by atoms with Gasteiger partial charge in [0.25, 0.3) is 0 Å². The number of fused-ring (bicyclic) bond motifs is 1. The van der Waals surface area contributed by atoms with Gasteiger partial charge in [0.05, 0.1) is 18.5 Å². The van der Waals surface area contributed by atoms with Crippen molar-refractivity contribution in [3.63, 3.8) is 0 Å². The molecule has 3 nitrogen and oxygen atoms in total. The molecule has 3 rings (SSSR count). The van der Waals surface area contributed by atoms with Crippen molar-refractivity contribution in [1.82, 2.24) is 9.78 Å². The summed E-state index contributed by atoms with van der Waals surface area (Å²) in [6.07, 6.45) is 3.54. The maximum Gasteiger partial charge on any atom is 0.121 e. The highest BCUT2D eigenvalue weighted by atomic mass is 16.5. The third-order valence-corrected chi connectivity index (χ3v) is 5.26. The molecular formula is C21H30N2O. The van der Waals surface area contributed by atoms with Crippen LogP contribution in [0.3, 0.4) is 0 Å². The molecule has 0 aliphatic heterocycles. The van der Waals surface area contributed by atoms with Crippen LogP contribution in [0.2, 0.25) is 0 Å². The Morgan fingerprint density at radius 1 is 1.25 bits per heavy atom. The molecule has 1 aromatic heterocycles. The lowest BCUT2D eigenvalue weighted by Gasteiger charge is -2.27. The van der Waals surface area contributed by atoms with E-state index in [-0.39, 0.29) is 5.41 Å². The van der Waals surface area contributed by atoms with E-state index in [2.05, 4.69) is 51.4 Å². The second kappa shape index (κ2) is 6.27. The van der Waals surface area contributed by atoms with Crippen LogP contribution in [0.15, 0.2) is 24.3 Å². The van der Waals surface area contributed by atoms with Crippen LogP contribution in [0.5, 0.6) is 5.75 Å². The highest BCUT2D eigenvalue weighted by molar-refractivity contribution is 5.44. The Hall–Kier alpha value is -1.77. The fraction of sp³-hybridized carbons (Fsp3) is 0.571. The van der Waals surface area contributed by atoms with Gasteiger partial charge in [0.2, 0.25) is 0 Å². The van der Waals surface area contributed by atoms with Crippen molar-refractivity contribution in [2.24, 2.45) is 11.8 Å². The molecule has 1 aromatic carbocycles. The number of aromatic nitrogens is 2. The van der Waals surface area contributed by atoms with Crippen LogP contribution < -0.4 is 4.74 Å². The number of hydrogen-bond acceptors (Lipinski definition) is 2. The number of ether oxygens (including phenoxy) is 1. The molecule has 3 heteroatoms. The molecule has 0 saturated heterocycles. The van der Waals surface area contributed by atoms with Crippen LogP contribution in [0.4, 0.5) is 0 Å². The topological polar surface area (TPSA) is 27.1 Å². The van der Waals surface area contributed by atoms with Gasteiger partial charge >= 0.3 is 0 Å². The first-order chi connectivity index (χ1) is 11.3. The molecule has 2 aromatic rings. The molecule has 0 radical (unpaired) electrons. The van der Waals surface area contributed by atoms with Gasteiger partial charge in [-0.25, -0.2) is 4.68 Å². The van der Waals surface area contributed by atoms with Crippen LogP contribution in [-0.2, 0) is 18.3 Å². The Labute approximate surface area is 146 Å². The van der Waals surface area contributed by atoms with Gasteiger partial charge in [-0.15, -0.1) is 0 Å². The van der Waals surface area contributed by atoms with E-state index in [9.17, 15) is 0 Å². The third kappa shape index (κ3) is 3.09. The van der Waals surface area contributed by atoms with Crippen LogP contribution >= 0.6 is 0 Å². The van der Waals surface area contributed by atoms with Crippen molar-refractivity contribution in [3.8, 4) is 11.4 Å². The third-order valence-electron chi connectivity index (χ3n) is 5.26. The number of hydrogen-bond donors (Lipinski definition) is 0. The summed E-state index contributed by atoms with van der Waals surface area (Å²) in [6, 6.07) is 8.24. The lowest BCUT2D eigenvalue weighted by Crippen LogP contribution is -2.22.